The van der Waals surface area contributed by atoms with Crippen LogP contribution in [0.15, 0.2) is 60.7 Å². The molecule has 0 aliphatic carbocycles. The topological polar surface area (TPSA) is 50.1 Å². The molecule has 0 unspecified atom stereocenters. The Balaban J connectivity index is 1.94. The van der Waals surface area contributed by atoms with Gasteiger partial charge in [0.25, 0.3) is 0 Å². The Morgan fingerprint density at radius 2 is 1.64 bits per heavy atom. The fraction of sp³-hybridized carbons (Fsp3) is 0. The molecule has 4 heteroatoms. The van der Waals surface area contributed by atoms with Crippen LogP contribution >= 0.6 is 11.6 Å². The van der Waals surface area contributed by atoms with Gasteiger partial charge >= 0.3 is 5.97 Å². The summed E-state index contributed by atoms with van der Waals surface area (Å²) in [6.45, 7) is 0. The molecular formula is C18H10ClNO2. The molecule has 0 aliphatic heterocycles. The number of benzene rings is 3. The van der Waals surface area contributed by atoms with E-state index >= 15 is 0 Å². The quantitative estimate of drug-likeness (QED) is 0.514. The fourth-order valence-electron chi connectivity index (χ4n) is 2.16. The highest BCUT2D eigenvalue weighted by Gasteiger charge is 2.12. The summed E-state index contributed by atoms with van der Waals surface area (Å²) < 4.78 is 5.46. The molecule has 3 nitrogen and oxygen atoms in total. The lowest BCUT2D eigenvalue weighted by Gasteiger charge is -2.09. The number of halogens is 1. The maximum atomic E-state index is 12.2. The lowest BCUT2D eigenvalue weighted by molar-refractivity contribution is 0.0737. The summed E-state index contributed by atoms with van der Waals surface area (Å²) in [7, 11) is 0. The van der Waals surface area contributed by atoms with Gasteiger partial charge < -0.3 is 4.74 Å². The number of esters is 1. The molecule has 0 aliphatic rings. The standard InChI is InChI=1S/C18H10ClNO2/c19-16-9-10-17(15-4-2-1-3-14(15)16)22-18(21)13-7-5-12(11-20)6-8-13/h1-10H. The Kier molecular flexibility index (Phi) is 3.78. The molecule has 0 heterocycles. The summed E-state index contributed by atoms with van der Waals surface area (Å²) in [5.41, 5.74) is 0.881. The third-order valence-electron chi connectivity index (χ3n) is 3.28. The molecule has 0 amide bonds. The molecule has 0 aromatic heterocycles. The number of hydrogen-bond acceptors (Lipinski definition) is 3. The Hall–Kier alpha value is -2.83. The molecule has 0 N–H and O–H groups in total. The van der Waals surface area contributed by atoms with Crippen LogP contribution in [0.5, 0.6) is 5.75 Å². The maximum Gasteiger partial charge on any atom is 0.343 e. The second-order valence-electron chi connectivity index (χ2n) is 4.67. The molecule has 22 heavy (non-hydrogen) atoms. The van der Waals surface area contributed by atoms with Crippen molar-refractivity contribution in [2.45, 2.75) is 0 Å². The second-order valence-corrected chi connectivity index (χ2v) is 5.08. The lowest BCUT2D eigenvalue weighted by Crippen LogP contribution is -2.08. The van der Waals surface area contributed by atoms with Crippen LogP contribution in [0, 0.1) is 11.3 Å². The Morgan fingerprint density at radius 3 is 2.32 bits per heavy atom. The van der Waals surface area contributed by atoms with Crippen molar-refractivity contribution in [2.24, 2.45) is 0 Å². The normalized spacial score (nSPS) is 10.2. The van der Waals surface area contributed by atoms with Crippen LogP contribution in [0.3, 0.4) is 0 Å². The van der Waals surface area contributed by atoms with E-state index in [0.717, 1.165) is 10.8 Å². The summed E-state index contributed by atoms with van der Waals surface area (Å²) in [6, 6.07) is 19.1. The van der Waals surface area contributed by atoms with Crippen LogP contribution in [0.25, 0.3) is 10.8 Å². The van der Waals surface area contributed by atoms with E-state index in [1.807, 2.05) is 30.3 Å². The highest BCUT2D eigenvalue weighted by molar-refractivity contribution is 6.35. The van der Waals surface area contributed by atoms with Crippen molar-refractivity contribution < 1.29 is 9.53 Å². The molecule has 3 rings (SSSR count). The Labute approximate surface area is 132 Å². The van der Waals surface area contributed by atoms with Crippen molar-refractivity contribution in [3.05, 3.63) is 76.8 Å². The minimum atomic E-state index is -0.475. The molecule has 0 saturated carbocycles. The third kappa shape index (κ3) is 2.65. The number of carbonyl (C=O) groups is 1. The van der Waals surface area contributed by atoms with E-state index in [4.69, 9.17) is 21.6 Å². The first-order chi connectivity index (χ1) is 10.7. The lowest BCUT2D eigenvalue weighted by atomic mass is 10.1. The van der Waals surface area contributed by atoms with Crippen LogP contribution < -0.4 is 4.74 Å². The van der Waals surface area contributed by atoms with Gasteiger partial charge in [-0.2, -0.15) is 5.26 Å². The first-order valence-corrected chi connectivity index (χ1v) is 6.96. The minimum Gasteiger partial charge on any atom is -0.422 e. The van der Waals surface area contributed by atoms with Crippen molar-refractivity contribution in [3.63, 3.8) is 0 Å². The van der Waals surface area contributed by atoms with Gasteiger partial charge in [0, 0.05) is 15.8 Å². The van der Waals surface area contributed by atoms with E-state index in [0.29, 0.717) is 21.9 Å². The van der Waals surface area contributed by atoms with Gasteiger partial charge in [-0.3, -0.25) is 0 Å². The molecule has 3 aromatic carbocycles. The highest BCUT2D eigenvalue weighted by atomic mass is 35.5. The largest absolute Gasteiger partial charge is 0.422 e. The smallest absolute Gasteiger partial charge is 0.343 e. The molecule has 0 fully saturated rings. The molecule has 3 aromatic rings. The van der Waals surface area contributed by atoms with Crippen molar-refractivity contribution in [1.82, 2.24) is 0 Å². The van der Waals surface area contributed by atoms with E-state index in [1.165, 1.54) is 0 Å². The number of fused-ring (bicyclic) bond motifs is 1. The fourth-order valence-corrected chi connectivity index (χ4v) is 2.39. The van der Waals surface area contributed by atoms with Gasteiger partial charge in [-0.05, 0) is 36.4 Å². The van der Waals surface area contributed by atoms with E-state index in [1.54, 1.807) is 36.4 Å². The van der Waals surface area contributed by atoms with E-state index < -0.39 is 5.97 Å². The highest BCUT2D eigenvalue weighted by Crippen LogP contribution is 2.31. The van der Waals surface area contributed by atoms with Crippen LogP contribution in [0.2, 0.25) is 5.02 Å². The van der Waals surface area contributed by atoms with Gasteiger partial charge in [-0.25, -0.2) is 4.79 Å². The van der Waals surface area contributed by atoms with Gasteiger partial charge in [0.1, 0.15) is 5.75 Å². The molecule has 0 radical (unpaired) electrons. The van der Waals surface area contributed by atoms with Crippen molar-refractivity contribution >= 4 is 28.3 Å². The Bertz CT molecular complexity index is 895. The number of nitrogens with zero attached hydrogens (tertiary/aromatic N) is 1. The van der Waals surface area contributed by atoms with E-state index in [2.05, 4.69) is 0 Å². The maximum absolute atomic E-state index is 12.2. The van der Waals surface area contributed by atoms with Crippen LogP contribution in [-0.2, 0) is 0 Å². The second kappa shape index (κ2) is 5.88. The van der Waals surface area contributed by atoms with E-state index in [9.17, 15) is 4.79 Å². The summed E-state index contributed by atoms with van der Waals surface area (Å²) in [5, 5.41) is 11.0. The zero-order valence-electron chi connectivity index (χ0n) is 11.4. The van der Waals surface area contributed by atoms with Crippen LogP contribution in [-0.4, -0.2) is 5.97 Å². The zero-order chi connectivity index (χ0) is 15.5. The zero-order valence-corrected chi connectivity index (χ0v) is 12.2. The molecule has 0 bridgehead atoms. The van der Waals surface area contributed by atoms with Crippen LogP contribution in [0.4, 0.5) is 0 Å². The predicted molar refractivity (Wildman–Crippen MR) is 85.1 cm³/mol. The number of rotatable bonds is 2. The minimum absolute atomic E-state index is 0.387. The molecule has 0 saturated heterocycles. The summed E-state index contributed by atoms with van der Waals surface area (Å²) in [5.74, 6) is -0.0219. The van der Waals surface area contributed by atoms with Crippen molar-refractivity contribution in [2.75, 3.05) is 0 Å². The number of hydrogen-bond donors (Lipinski definition) is 0. The molecule has 0 spiro atoms. The SMILES string of the molecule is N#Cc1ccc(C(=O)Oc2ccc(Cl)c3ccccc23)cc1. The number of carbonyl (C=O) groups excluding carboxylic acids is 1. The van der Waals surface area contributed by atoms with Gasteiger partial charge in [0.2, 0.25) is 0 Å². The molecule has 0 atom stereocenters. The first kappa shape index (κ1) is 14.1. The summed E-state index contributed by atoms with van der Waals surface area (Å²) in [6.07, 6.45) is 0. The summed E-state index contributed by atoms with van der Waals surface area (Å²) in [4.78, 5) is 12.2. The monoisotopic (exact) mass is 307 g/mol. The van der Waals surface area contributed by atoms with Gasteiger partial charge in [0.05, 0.1) is 17.2 Å². The summed E-state index contributed by atoms with van der Waals surface area (Å²) >= 11 is 6.14. The van der Waals surface area contributed by atoms with E-state index in [-0.39, 0.29) is 0 Å². The molecular weight excluding hydrogens is 298 g/mol. The predicted octanol–water partition coefficient (Wildman–Crippen LogP) is 4.58. The molecule has 106 valence electrons. The third-order valence-corrected chi connectivity index (χ3v) is 3.61. The van der Waals surface area contributed by atoms with Gasteiger partial charge in [-0.15, -0.1) is 0 Å². The van der Waals surface area contributed by atoms with Crippen molar-refractivity contribution in [3.8, 4) is 11.8 Å². The van der Waals surface area contributed by atoms with Gasteiger partial charge in [-0.1, -0.05) is 35.9 Å². The number of ether oxygens (including phenoxy) is 1. The average molecular weight is 308 g/mol. The van der Waals surface area contributed by atoms with Gasteiger partial charge in [0.15, 0.2) is 0 Å². The van der Waals surface area contributed by atoms with Crippen molar-refractivity contribution in [1.29, 1.82) is 5.26 Å². The Morgan fingerprint density at radius 1 is 0.955 bits per heavy atom. The number of nitriles is 1. The van der Waals surface area contributed by atoms with Crippen LogP contribution in [0.1, 0.15) is 15.9 Å². The average Bonchev–Trinajstić information content (AvgIpc) is 2.57. The first-order valence-electron chi connectivity index (χ1n) is 6.58.